The van der Waals surface area contributed by atoms with Crippen LogP contribution in [0.25, 0.3) is 0 Å². The molecule has 2 N–H and O–H groups in total. The number of aliphatic hydroxyl groups is 1. The van der Waals surface area contributed by atoms with Crippen molar-refractivity contribution in [2.45, 2.75) is 20.3 Å². The summed E-state index contributed by atoms with van der Waals surface area (Å²) in [6.07, 6.45) is 3.19. The van der Waals surface area contributed by atoms with Gasteiger partial charge in [0.2, 0.25) is 0 Å². The van der Waals surface area contributed by atoms with Crippen molar-refractivity contribution in [1.29, 1.82) is 0 Å². The Labute approximate surface area is 94.0 Å². The fourth-order valence-corrected chi connectivity index (χ4v) is 0.848. The normalized spacial score (nSPS) is 12.4. The number of carbonyl (C=O) groups is 2. The highest BCUT2D eigenvalue weighted by molar-refractivity contribution is 5.87. The predicted octanol–water partition coefficient (Wildman–Crippen LogP) is 0.889. The van der Waals surface area contributed by atoms with Gasteiger partial charge in [0, 0.05) is 17.6 Å². The molecule has 0 aromatic carbocycles. The van der Waals surface area contributed by atoms with E-state index in [9.17, 15) is 9.59 Å². The number of carboxylic acids is 1. The molecule has 16 heavy (non-hydrogen) atoms. The van der Waals surface area contributed by atoms with Gasteiger partial charge in [-0.25, -0.2) is 9.59 Å². The van der Waals surface area contributed by atoms with Crippen LogP contribution in [0, 0.1) is 0 Å². The SMILES string of the molecule is CC(=CCCOC(=O)C(C)=CCO)C(=O)O. The van der Waals surface area contributed by atoms with Gasteiger partial charge in [-0.1, -0.05) is 6.08 Å². The van der Waals surface area contributed by atoms with Crippen molar-refractivity contribution in [3.8, 4) is 0 Å². The number of rotatable bonds is 6. The summed E-state index contributed by atoms with van der Waals surface area (Å²) in [6, 6.07) is 0. The fraction of sp³-hybridized carbons (Fsp3) is 0.455. The van der Waals surface area contributed by atoms with Gasteiger partial charge in [-0.2, -0.15) is 0 Å². The zero-order valence-electron chi connectivity index (χ0n) is 9.40. The molecule has 0 heterocycles. The lowest BCUT2D eigenvalue weighted by atomic mass is 10.2. The minimum atomic E-state index is -0.984. The van der Waals surface area contributed by atoms with Gasteiger partial charge < -0.3 is 14.9 Å². The molecule has 0 aliphatic rings. The number of aliphatic carboxylic acids is 1. The van der Waals surface area contributed by atoms with Crippen molar-refractivity contribution < 1.29 is 24.5 Å². The highest BCUT2D eigenvalue weighted by atomic mass is 16.5. The molecule has 0 atom stereocenters. The molecule has 0 aromatic rings. The second-order valence-corrected chi connectivity index (χ2v) is 3.19. The molecular formula is C11H16O5. The summed E-state index contributed by atoms with van der Waals surface area (Å²) in [5.74, 6) is -1.49. The quantitative estimate of drug-likeness (QED) is 0.400. The Morgan fingerprint density at radius 2 is 1.81 bits per heavy atom. The molecule has 5 heteroatoms. The molecule has 0 aliphatic carbocycles. The summed E-state index contributed by atoms with van der Waals surface area (Å²) < 4.78 is 4.83. The Hall–Kier alpha value is -1.62. The van der Waals surface area contributed by atoms with E-state index in [0.717, 1.165) is 0 Å². The maximum absolute atomic E-state index is 11.2. The van der Waals surface area contributed by atoms with E-state index in [1.165, 1.54) is 26.0 Å². The lowest BCUT2D eigenvalue weighted by Gasteiger charge is -2.02. The Kier molecular flexibility index (Phi) is 6.87. The van der Waals surface area contributed by atoms with Crippen molar-refractivity contribution in [2.75, 3.05) is 13.2 Å². The van der Waals surface area contributed by atoms with Gasteiger partial charge in [-0.3, -0.25) is 0 Å². The van der Waals surface area contributed by atoms with E-state index in [-0.39, 0.29) is 18.8 Å². The minimum Gasteiger partial charge on any atom is -0.478 e. The molecule has 0 aliphatic heterocycles. The minimum absolute atomic E-state index is 0.125. The summed E-state index contributed by atoms with van der Waals surface area (Å²) in [7, 11) is 0. The Bertz CT molecular complexity index is 314. The van der Waals surface area contributed by atoms with Crippen LogP contribution in [0.1, 0.15) is 20.3 Å². The molecule has 0 rings (SSSR count). The van der Waals surface area contributed by atoms with Gasteiger partial charge in [0.05, 0.1) is 13.2 Å². The van der Waals surface area contributed by atoms with Crippen LogP contribution in [-0.4, -0.2) is 35.4 Å². The molecule has 0 saturated carbocycles. The molecular weight excluding hydrogens is 212 g/mol. The van der Waals surface area contributed by atoms with E-state index in [0.29, 0.717) is 12.0 Å². The van der Waals surface area contributed by atoms with Crippen molar-refractivity contribution in [3.63, 3.8) is 0 Å². The Balaban J connectivity index is 3.92. The van der Waals surface area contributed by atoms with E-state index < -0.39 is 11.9 Å². The third-order valence-corrected chi connectivity index (χ3v) is 1.86. The Morgan fingerprint density at radius 3 is 2.31 bits per heavy atom. The lowest BCUT2D eigenvalue weighted by Crippen LogP contribution is -2.07. The van der Waals surface area contributed by atoms with E-state index in [4.69, 9.17) is 14.9 Å². The summed E-state index contributed by atoms with van der Waals surface area (Å²) in [5.41, 5.74) is 0.556. The molecule has 0 fully saturated rings. The van der Waals surface area contributed by atoms with Gasteiger partial charge in [-0.15, -0.1) is 0 Å². The molecule has 0 spiro atoms. The molecule has 0 amide bonds. The van der Waals surface area contributed by atoms with E-state index in [1.807, 2.05) is 0 Å². The predicted molar refractivity (Wildman–Crippen MR) is 57.8 cm³/mol. The maximum Gasteiger partial charge on any atom is 0.333 e. The number of ether oxygens (including phenoxy) is 1. The van der Waals surface area contributed by atoms with Crippen LogP contribution in [0.5, 0.6) is 0 Å². The van der Waals surface area contributed by atoms with Crippen molar-refractivity contribution >= 4 is 11.9 Å². The zero-order valence-corrected chi connectivity index (χ0v) is 9.40. The molecule has 90 valence electrons. The van der Waals surface area contributed by atoms with Crippen LogP contribution >= 0.6 is 0 Å². The molecule has 0 aromatic heterocycles. The third-order valence-electron chi connectivity index (χ3n) is 1.86. The first-order valence-electron chi connectivity index (χ1n) is 4.83. The van der Waals surface area contributed by atoms with Crippen LogP contribution in [0.2, 0.25) is 0 Å². The second-order valence-electron chi connectivity index (χ2n) is 3.19. The number of aliphatic hydroxyl groups excluding tert-OH is 1. The first-order chi connectivity index (χ1) is 7.49. The number of hydrogen-bond acceptors (Lipinski definition) is 4. The highest BCUT2D eigenvalue weighted by Gasteiger charge is 2.04. The highest BCUT2D eigenvalue weighted by Crippen LogP contribution is 1.99. The van der Waals surface area contributed by atoms with Gasteiger partial charge in [0.15, 0.2) is 0 Å². The molecule has 0 unspecified atom stereocenters. The van der Waals surface area contributed by atoms with Crippen molar-refractivity contribution in [2.24, 2.45) is 0 Å². The van der Waals surface area contributed by atoms with Crippen LogP contribution in [-0.2, 0) is 14.3 Å². The summed E-state index contributed by atoms with van der Waals surface area (Å²) >= 11 is 0. The van der Waals surface area contributed by atoms with Gasteiger partial charge in [0.1, 0.15) is 0 Å². The van der Waals surface area contributed by atoms with E-state index in [1.54, 1.807) is 0 Å². The molecule has 0 radical (unpaired) electrons. The maximum atomic E-state index is 11.2. The summed E-state index contributed by atoms with van der Waals surface area (Å²) in [6.45, 7) is 2.93. The van der Waals surface area contributed by atoms with Crippen LogP contribution in [0.4, 0.5) is 0 Å². The number of esters is 1. The Morgan fingerprint density at radius 1 is 1.19 bits per heavy atom. The van der Waals surface area contributed by atoms with E-state index >= 15 is 0 Å². The average molecular weight is 228 g/mol. The topological polar surface area (TPSA) is 83.8 Å². The molecule has 0 saturated heterocycles. The van der Waals surface area contributed by atoms with Crippen molar-refractivity contribution in [1.82, 2.24) is 0 Å². The number of carboxylic acid groups (broad SMARTS) is 1. The van der Waals surface area contributed by atoms with Crippen LogP contribution in [0.3, 0.4) is 0 Å². The first kappa shape index (κ1) is 14.4. The first-order valence-corrected chi connectivity index (χ1v) is 4.83. The summed E-state index contributed by atoms with van der Waals surface area (Å²) in [5, 5.41) is 17.1. The smallest absolute Gasteiger partial charge is 0.333 e. The summed E-state index contributed by atoms with van der Waals surface area (Å²) in [4.78, 5) is 21.6. The van der Waals surface area contributed by atoms with E-state index in [2.05, 4.69) is 0 Å². The fourth-order valence-electron chi connectivity index (χ4n) is 0.848. The second kappa shape index (κ2) is 7.64. The third kappa shape index (κ3) is 5.98. The van der Waals surface area contributed by atoms with Gasteiger partial charge in [0.25, 0.3) is 0 Å². The van der Waals surface area contributed by atoms with Gasteiger partial charge >= 0.3 is 11.9 Å². The zero-order chi connectivity index (χ0) is 12.6. The lowest BCUT2D eigenvalue weighted by molar-refractivity contribution is -0.138. The monoisotopic (exact) mass is 228 g/mol. The van der Waals surface area contributed by atoms with Crippen LogP contribution in [0.15, 0.2) is 23.3 Å². The van der Waals surface area contributed by atoms with Crippen LogP contribution < -0.4 is 0 Å². The largest absolute Gasteiger partial charge is 0.478 e. The number of hydrogen-bond donors (Lipinski definition) is 2. The number of carbonyl (C=O) groups excluding carboxylic acids is 1. The van der Waals surface area contributed by atoms with Gasteiger partial charge in [-0.05, 0) is 19.9 Å². The average Bonchev–Trinajstić information content (AvgIpc) is 2.23. The standard InChI is InChI=1S/C11H16O5/c1-8(10(13)14)4-3-7-16-11(15)9(2)5-6-12/h4-5,12H,3,6-7H2,1-2H3,(H,13,14). The van der Waals surface area contributed by atoms with Crippen molar-refractivity contribution in [3.05, 3.63) is 23.3 Å². The molecule has 0 bridgehead atoms. The molecule has 5 nitrogen and oxygen atoms in total.